The number of hydrogen-bond donors (Lipinski definition) is 1. The summed E-state index contributed by atoms with van der Waals surface area (Å²) >= 11 is 0.775. The van der Waals surface area contributed by atoms with Crippen LogP contribution < -0.4 is 14.2 Å². The Hall–Kier alpha value is -4.61. The van der Waals surface area contributed by atoms with Gasteiger partial charge in [0.05, 0.1) is 11.4 Å². The van der Waals surface area contributed by atoms with Crippen molar-refractivity contribution < 1.29 is 31.7 Å². The third-order valence-electron chi connectivity index (χ3n) is 7.11. The van der Waals surface area contributed by atoms with Gasteiger partial charge in [0.2, 0.25) is 5.91 Å². The topological polar surface area (TPSA) is 119 Å². The Morgan fingerprint density at radius 3 is 2.42 bits per heavy atom. The zero-order valence-corrected chi connectivity index (χ0v) is 26.8. The average molecular weight is 645 g/mol. The molecule has 4 aromatic carbocycles. The number of benzene rings is 4. The van der Waals surface area contributed by atoms with E-state index in [0.717, 1.165) is 38.9 Å². The van der Waals surface area contributed by atoms with Crippen molar-refractivity contribution >= 4 is 61.5 Å². The largest absolute Gasteiger partial charge is 0.491 e. The second-order valence-electron chi connectivity index (χ2n) is 10.8. The van der Waals surface area contributed by atoms with Crippen molar-refractivity contribution in [3.05, 3.63) is 100 Å². The van der Waals surface area contributed by atoms with Gasteiger partial charge in [-0.3, -0.25) is 19.3 Å². The van der Waals surface area contributed by atoms with E-state index in [2.05, 4.69) is 19.2 Å². The van der Waals surface area contributed by atoms with Crippen LogP contribution in [0.2, 0.25) is 0 Å². The Morgan fingerprint density at radius 2 is 1.71 bits per heavy atom. The molecule has 0 radical (unpaired) electrons. The molecule has 0 aromatic heterocycles. The van der Waals surface area contributed by atoms with Crippen LogP contribution >= 0.6 is 11.8 Å². The number of aryl methyl sites for hydroxylation is 1. The summed E-state index contributed by atoms with van der Waals surface area (Å²) in [6.07, 6.45) is 1.50. The quantitative estimate of drug-likeness (QED) is 0.143. The fraction of sp³-hybridized carbons (Fsp3) is 0.206. The molecule has 3 amide bonds. The van der Waals surface area contributed by atoms with E-state index in [1.807, 2.05) is 37.3 Å². The second kappa shape index (κ2) is 13.2. The van der Waals surface area contributed by atoms with E-state index >= 15 is 0 Å². The van der Waals surface area contributed by atoms with Gasteiger partial charge in [-0.2, -0.15) is 8.42 Å². The van der Waals surface area contributed by atoms with Crippen LogP contribution in [0.4, 0.5) is 10.5 Å². The fourth-order valence-corrected chi connectivity index (χ4v) is 6.68. The van der Waals surface area contributed by atoms with Crippen molar-refractivity contribution in [2.45, 2.75) is 38.5 Å². The van der Waals surface area contributed by atoms with Crippen LogP contribution in [0, 0.1) is 6.92 Å². The first-order chi connectivity index (χ1) is 21.4. The van der Waals surface area contributed by atoms with Crippen LogP contribution in [0.25, 0.3) is 16.8 Å². The minimum Gasteiger partial charge on any atom is -0.491 e. The van der Waals surface area contributed by atoms with E-state index in [4.69, 9.17) is 8.92 Å². The van der Waals surface area contributed by atoms with Gasteiger partial charge in [0.15, 0.2) is 5.75 Å². The summed E-state index contributed by atoms with van der Waals surface area (Å²) in [5.41, 5.74) is 2.86. The first-order valence-corrected chi connectivity index (χ1v) is 16.5. The third-order valence-corrected chi connectivity index (χ3v) is 9.26. The van der Waals surface area contributed by atoms with Crippen molar-refractivity contribution in [1.82, 2.24) is 4.90 Å². The molecule has 1 saturated heterocycles. The Kier molecular flexibility index (Phi) is 9.31. The molecule has 0 bridgehead atoms. The molecular weight excluding hydrogens is 613 g/mol. The molecule has 5 rings (SSSR count). The standard InChI is InChI=1S/C34H32N2O7S2/c1-21(2)27-15-9-22(3)19-31(27)42-18-17-36-33(38)32(44-34(36)39)20-29-28-8-6-5-7-24(28)10-16-30(29)43-45(40,41)26-13-11-25(12-14-26)35-23(4)37/h5-16,19-21H,17-18H2,1-4H3,(H,35,37)/b32-20-. The van der Waals surface area contributed by atoms with Crippen molar-refractivity contribution in [1.29, 1.82) is 0 Å². The maximum Gasteiger partial charge on any atom is 0.339 e. The molecule has 1 aliphatic heterocycles. The molecule has 1 fully saturated rings. The Labute approximate surface area is 266 Å². The van der Waals surface area contributed by atoms with E-state index < -0.39 is 21.3 Å². The van der Waals surface area contributed by atoms with Gasteiger partial charge < -0.3 is 14.2 Å². The number of fused-ring (bicyclic) bond motifs is 1. The maximum atomic E-state index is 13.4. The number of anilines is 1. The van der Waals surface area contributed by atoms with Crippen LogP contribution in [0.3, 0.4) is 0 Å². The van der Waals surface area contributed by atoms with Gasteiger partial charge in [0, 0.05) is 18.2 Å². The molecule has 4 aromatic rings. The molecule has 0 atom stereocenters. The van der Waals surface area contributed by atoms with E-state index in [1.54, 1.807) is 18.2 Å². The number of carbonyl (C=O) groups excluding carboxylic acids is 3. The van der Waals surface area contributed by atoms with Crippen molar-refractivity contribution in [3.8, 4) is 11.5 Å². The average Bonchev–Trinajstić information content (AvgIpc) is 3.25. The van der Waals surface area contributed by atoms with Gasteiger partial charge in [0.1, 0.15) is 17.3 Å². The monoisotopic (exact) mass is 644 g/mol. The molecule has 0 saturated carbocycles. The summed E-state index contributed by atoms with van der Waals surface area (Å²) in [5.74, 6) is 0.166. The lowest BCUT2D eigenvalue weighted by Gasteiger charge is -2.17. The van der Waals surface area contributed by atoms with Gasteiger partial charge in [-0.05, 0) is 89.0 Å². The molecular formula is C34H32N2O7S2. The molecule has 1 aliphatic rings. The lowest BCUT2D eigenvalue weighted by Crippen LogP contribution is -2.32. The number of nitrogens with one attached hydrogen (secondary N) is 1. The smallest absolute Gasteiger partial charge is 0.339 e. The van der Waals surface area contributed by atoms with Gasteiger partial charge in [-0.15, -0.1) is 0 Å². The summed E-state index contributed by atoms with van der Waals surface area (Å²) < 4.78 is 38.2. The van der Waals surface area contributed by atoms with Crippen LogP contribution in [0.5, 0.6) is 11.5 Å². The molecule has 9 nitrogen and oxygen atoms in total. The number of carbonyl (C=O) groups is 3. The van der Waals surface area contributed by atoms with Crippen molar-refractivity contribution in [2.24, 2.45) is 0 Å². The minimum atomic E-state index is -4.30. The predicted octanol–water partition coefficient (Wildman–Crippen LogP) is 7.11. The van der Waals surface area contributed by atoms with Gasteiger partial charge in [-0.1, -0.05) is 56.3 Å². The zero-order valence-electron chi connectivity index (χ0n) is 25.2. The number of nitrogens with zero attached hydrogens (tertiary/aromatic N) is 1. The molecule has 0 unspecified atom stereocenters. The van der Waals surface area contributed by atoms with Crippen molar-refractivity contribution in [2.75, 3.05) is 18.5 Å². The molecule has 11 heteroatoms. The van der Waals surface area contributed by atoms with Gasteiger partial charge in [0.25, 0.3) is 11.1 Å². The summed E-state index contributed by atoms with van der Waals surface area (Å²) in [6, 6.07) is 22.1. The highest BCUT2D eigenvalue weighted by atomic mass is 32.2. The van der Waals surface area contributed by atoms with E-state index in [0.29, 0.717) is 16.6 Å². The maximum absolute atomic E-state index is 13.4. The van der Waals surface area contributed by atoms with Crippen LogP contribution in [-0.2, 0) is 19.7 Å². The molecule has 1 heterocycles. The van der Waals surface area contributed by atoms with Gasteiger partial charge in [-0.25, -0.2) is 0 Å². The summed E-state index contributed by atoms with van der Waals surface area (Å²) in [7, 11) is -4.30. The first kappa shape index (κ1) is 31.8. The number of amides is 3. The Morgan fingerprint density at radius 1 is 0.978 bits per heavy atom. The SMILES string of the molecule is CC(=O)Nc1ccc(S(=O)(=O)Oc2ccc3ccccc3c2/C=C2\SC(=O)N(CCOc3cc(C)ccc3C(C)C)C2=O)cc1. The molecule has 1 N–H and O–H groups in total. The Balaban J connectivity index is 1.40. The van der Waals surface area contributed by atoms with Gasteiger partial charge >= 0.3 is 10.1 Å². The summed E-state index contributed by atoms with van der Waals surface area (Å²) in [5, 5.41) is 3.57. The predicted molar refractivity (Wildman–Crippen MR) is 176 cm³/mol. The third kappa shape index (κ3) is 7.21. The normalized spacial score (nSPS) is 14.4. The van der Waals surface area contributed by atoms with E-state index in [1.165, 1.54) is 43.3 Å². The second-order valence-corrected chi connectivity index (χ2v) is 13.4. The first-order valence-electron chi connectivity index (χ1n) is 14.3. The van der Waals surface area contributed by atoms with E-state index in [-0.39, 0.29) is 40.5 Å². The molecule has 0 aliphatic carbocycles. The highest BCUT2D eigenvalue weighted by Gasteiger charge is 2.35. The van der Waals surface area contributed by atoms with Crippen molar-refractivity contribution in [3.63, 3.8) is 0 Å². The lowest BCUT2D eigenvalue weighted by molar-refractivity contribution is -0.123. The fourth-order valence-electron chi connectivity index (χ4n) is 4.89. The molecule has 232 valence electrons. The summed E-state index contributed by atoms with van der Waals surface area (Å²) in [6.45, 7) is 7.63. The number of thioether (sulfide) groups is 1. The highest BCUT2D eigenvalue weighted by Crippen LogP contribution is 2.38. The van der Waals surface area contributed by atoms with Crippen LogP contribution in [-0.4, -0.2) is 43.5 Å². The highest BCUT2D eigenvalue weighted by molar-refractivity contribution is 8.18. The molecule has 0 spiro atoms. The van der Waals surface area contributed by atoms with Crippen LogP contribution in [0.15, 0.2) is 88.7 Å². The minimum absolute atomic E-state index is 0.00423. The molecule has 45 heavy (non-hydrogen) atoms. The van der Waals surface area contributed by atoms with Crippen LogP contribution in [0.1, 0.15) is 43.4 Å². The van der Waals surface area contributed by atoms with E-state index in [9.17, 15) is 22.8 Å². The number of ether oxygens (including phenoxy) is 1. The number of imide groups is 1. The Bertz CT molecular complexity index is 1930. The number of rotatable bonds is 10. The number of hydrogen-bond acceptors (Lipinski definition) is 8. The zero-order chi connectivity index (χ0) is 32.3. The lowest BCUT2D eigenvalue weighted by atomic mass is 10.0. The summed E-state index contributed by atoms with van der Waals surface area (Å²) in [4.78, 5) is 38.8.